The second-order valence-corrected chi connectivity index (χ2v) is 5.53. The minimum atomic E-state index is 0.196. The summed E-state index contributed by atoms with van der Waals surface area (Å²) in [5.74, 6) is 0.196. The average Bonchev–Trinajstić information content (AvgIpc) is 3.08. The zero-order valence-electron chi connectivity index (χ0n) is 10.7. The number of nitrogens with one attached hydrogen (secondary N) is 1. The second-order valence-electron chi connectivity index (χ2n) is 4.50. The molecule has 0 radical (unpaired) electrons. The third-order valence-corrected chi connectivity index (χ3v) is 3.83. The quantitative estimate of drug-likeness (QED) is 0.726. The highest BCUT2D eigenvalue weighted by atomic mass is 32.1. The van der Waals surface area contributed by atoms with Crippen molar-refractivity contribution in [2.75, 3.05) is 26.8 Å². The first-order valence-corrected chi connectivity index (χ1v) is 7.20. The van der Waals surface area contributed by atoms with E-state index < -0.39 is 0 Å². The van der Waals surface area contributed by atoms with Crippen molar-refractivity contribution in [2.45, 2.75) is 25.4 Å². The number of amides is 1. The summed E-state index contributed by atoms with van der Waals surface area (Å²) in [4.78, 5) is 15.4. The van der Waals surface area contributed by atoms with Gasteiger partial charge in [-0.05, 0) is 24.3 Å². The summed E-state index contributed by atoms with van der Waals surface area (Å²) >= 11 is 1.71. The van der Waals surface area contributed by atoms with Crippen LogP contribution in [-0.4, -0.2) is 43.7 Å². The van der Waals surface area contributed by atoms with Gasteiger partial charge < -0.3 is 15.0 Å². The Morgan fingerprint density at radius 1 is 1.61 bits per heavy atom. The lowest BCUT2D eigenvalue weighted by molar-refractivity contribution is -0.131. The largest absolute Gasteiger partial charge is 0.383 e. The van der Waals surface area contributed by atoms with Crippen molar-refractivity contribution in [3.05, 3.63) is 22.4 Å². The summed E-state index contributed by atoms with van der Waals surface area (Å²) in [6.45, 7) is 2.53. The molecule has 0 aliphatic heterocycles. The second kappa shape index (κ2) is 6.87. The molecule has 0 unspecified atom stereocenters. The van der Waals surface area contributed by atoms with Crippen LogP contribution >= 0.6 is 11.3 Å². The molecule has 0 saturated heterocycles. The average molecular weight is 268 g/mol. The predicted octanol–water partition coefficient (Wildman–Crippen LogP) is 1.48. The van der Waals surface area contributed by atoms with Crippen LogP contribution in [0.15, 0.2) is 17.5 Å². The number of ether oxygens (including phenoxy) is 1. The highest BCUT2D eigenvalue weighted by Gasteiger charge is 2.32. The Kier molecular flexibility index (Phi) is 5.16. The Morgan fingerprint density at radius 2 is 2.44 bits per heavy atom. The Bertz CT molecular complexity index is 363. The van der Waals surface area contributed by atoms with Crippen LogP contribution in [0.4, 0.5) is 0 Å². The van der Waals surface area contributed by atoms with Gasteiger partial charge in [0.05, 0.1) is 19.7 Å². The van der Waals surface area contributed by atoms with Gasteiger partial charge in [-0.3, -0.25) is 4.79 Å². The van der Waals surface area contributed by atoms with E-state index in [9.17, 15) is 4.79 Å². The lowest BCUT2D eigenvalue weighted by Crippen LogP contribution is -2.39. The minimum absolute atomic E-state index is 0.196. The van der Waals surface area contributed by atoms with Crippen LogP contribution in [0.25, 0.3) is 0 Å². The standard InChI is InChI=1S/C13H20N2O2S/c1-17-7-6-14-9-13(16)15(11-4-5-11)10-12-3-2-8-18-12/h2-3,8,11,14H,4-7,9-10H2,1H3. The Labute approximate surface area is 112 Å². The maximum absolute atomic E-state index is 12.1. The molecule has 100 valence electrons. The monoisotopic (exact) mass is 268 g/mol. The Hall–Kier alpha value is -0.910. The van der Waals surface area contributed by atoms with Gasteiger partial charge in [0.2, 0.25) is 5.91 Å². The smallest absolute Gasteiger partial charge is 0.237 e. The number of carbonyl (C=O) groups excluding carboxylic acids is 1. The van der Waals surface area contributed by atoms with Crippen molar-refractivity contribution in [1.82, 2.24) is 10.2 Å². The number of methoxy groups -OCH3 is 1. The molecule has 0 spiro atoms. The predicted molar refractivity (Wildman–Crippen MR) is 72.6 cm³/mol. The summed E-state index contributed by atoms with van der Waals surface area (Å²) in [7, 11) is 1.66. The molecule has 5 heteroatoms. The highest BCUT2D eigenvalue weighted by Crippen LogP contribution is 2.29. The third-order valence-electron chi connectivity index (χ3n) is 2.97. The fraction of sp³-hybridized carbons (Fsp3) is 0.615. The zero-order valence-corrected chi connectivity index (χ0v) is 11.5. The van der Waals surface area contributed by atoms with Gasteiger partial charge in [-0.2, -0.15) is 0 Å². The number of hydrogen-bond donors (Lipinski definition) is 1. The molecule has 0 atom stereocenters. The van der Waals surface area contributed by atoms with Gasteiger partial charge in [0.1, 0.15) is 0 Å². The number of nitrogens with zero attached hydrogens (tertiary/aromatic N) is 1. The molecule has 1 aliphatic rings. The number of hydrogen-bond acceptors (Lipinski definition) is 4. The van der Waals surface area contributed by atoms with Crippen LogP contribution in [-0.2, 0) is 16.1 Å². The fourth-order valence-corrected chi connectivity index (χ4v) is 2.55. The molecule has 1 heterocycles. The lowest BCUT2D eigenvalue weighted by atomic mass is 10.3. The van der Waals surface area contributed by atoms with Gasteiger partial charge in [-0.15, -0.1) is 11.3 Å². The molecule has 1 fully saturated rings. The molecule has 4 nitrogen and oxygen atoms in total. The van der Waals surface area contributed by atoms with E-state index in [1.807, 2.05) is 11.0 Å². The number of thiophene rings is 1. The summed E-state index contributed by atoms with van der Waals surface area (Å²) in [5.41, 5.74) is 0. The molecule has 1 aromatic rings. The van der Waals surface area contributed by atoms with E-state index in [2.05, 4.69) is 16.8 Å². The summed E-state index contributed by atoms with van der Waals surface area (Å²) in [6.07, 6.45) is 2.30. The maximum Gasteiger partial charge on any atom is 0.237 e. The molecule has 1 N–H and O–H groups in total. The van der Waals surface area contributed by atoms with Crippen LogP contribution in [0, 0.1) is 0 Å². The van der Waals surface area contributed by atoms with Crippen LogP contribution in [0.5, 0.6) is 0 Å². The minimum Gasteiger partial charge on any atom is -0.383 e. The highest BCUT2D eigenvalue weighted by molar-refractivity contribution is 7.09. The van der Waals surface area contributed by atoms with Crippen molar-refractivity contribution >= 4 is 17.2 Å². The van der Waals surface area contributed by atoms with Gasteiger partial charge in [0.25, 0.3) is 0 Å². The van der Waals surface area contributed by atoms with Crippen LogP contribution in [0.3, 0.4) is 0 Å². The first kappa shape index (κ1) is 13.5. The molecular formula is C13H20N2O2S. The van der Waals surface area contributed by atoms with Crippen LogP contribution < -0.4 is 5.32 Å². The molecule has 1 amide bonds. The fourth-order valence-electron chi connectivity index (χ4n) is 1.85. The third kappa shape index (κ3) is 4.08. The van der Waals surface area contributed by atoms with Crippen LogP contribution in [0.2, 0.25) is 0 Å². The molecule has 1 saturated carbocycles. The van der Waals surface area contributed by atoms with Crippen molar-refractivity contribution < 1.29 is 9.53 Å². The van der Waals surface area contributed by atoms with E-state index in [1.165, 1.54) is 4.88 Å². The molecule has 2 rings (SSSR count). The first-order chi connectivity index (χ1) is 8.81. The number of carbonyl (C=O) groups is 1. The molecular weight excluding hydrogens is 248 g/mol. The van der Waals surface area contributed by atoms with E-state index in [1.54, 1.807) is 18.4 Å². The van der Waals surface area contributed by atoms with E-state index >= 15 is 0 Å². The molecule has 0 bridgehead atoms. The van der Waals surface area contributed by atoms with Gasteiger partial charge >= 0.3 is 0 Å². The zero-order chi connectivity index (χ0) is 12.8. The normalized spacial score (nSPS) is 14.7. The van der Waals surface area contributed by atoms with E-state index in [0.29, 0.717) is 19.2 Å². The van der Waals surface area contributed by atoms with E-state index in [-0.39, 0.29) is 5.91 Å². The first-order valence-electron chi connectivity index (χ1n) is 6.32. The molecule has 18 heavy (non-hydrogen) atoms. The SMILES string of the molecule is COCCNCC(=O)N(Cc1cccs1)C1CC1. The Morgan fingerprint density at radius 3 is 3.06 bits per heavy atom. The Balaban J connectivity index is 1.79. The van der Waals surface area contributed by atoms with E-state index in [4.69, 9.17) is 4.74 Å². The molecule has 1 aliphatic carbocycles. The van der Waals surface area contributed by atoms with Gasteiger partial charge in [-0.1, -0.05) is 6.07 Å². The van der Waals surface area contributed by atoms with Crippen molar-refractivity contribution in [3.63, 3.8) is 0 Å². The molecule has 0 aromatic carbocycles. The van der Waals surface area contributed by atoms with Crippen molar-refractivity contribution in [3.8, 4) is 0 Å². The summed E-state index contributed by atoms with van der Waals surface area (Å²) in [6, 6.07) is 4.58. The summed E-state index contributed by atoms with van der Waals surface area (Å²) in [5, 5.41) is 5.17. The van der Waals surface area contributed by atoms with E-state index in [0.717, 1.165) is 25.9 Å². The van der Waals surface area contributed by atoms with Crippen molar-refractivity contribution in [2.24, 2.45) is 0 Å². The van der Waals surface area contributed by atoms with Gasteiger partial charge in [0, 0.05) is 24.6 Å². The topological polar surface area (TPSA) is 41.6 Å². The van der Waals surface area contributed by atoms with Gasteiger partial charge in [0.15, 0.2) is 0 Å². The van der Waals surface area contributed by atoms with Gasteiger partial charge in [-0.25, -0.2) is 0 Å². The number of rotatable bonds is 8. The lowest BCUT2D eigenvalue weighted by Gasteiger charge is -2.22. The van der Waals surface area contributed by atoms with Crippen molar-refractivity contribution in [1.29, 1.82) is 0 Å². The summed E-state index contributed by atoms with van der Waals surface area (Å²) < 4.78 is 4.94. The van der Waals surface area contributed by atoms with Crippen LogP contribution in [0.1, 0.15) is 17.7 Å². The molecule has 1 aromatic heterocycles. The maximum atomic E-state index is 12.1.